The SMILES string of the molecule is CCNC1(C(N)=O)CCC(N2CCCCC2C)C1. The molecule has 2 rings (SSSR count). The van der Waals surface area contributed by atoms with Crippen LogP contribution in [-0.4, -0.2) is 41.5 Å². The van der Waals surface area contributed by atoms with E-state index in [9.17, 15) is 4.79 Å². The van der Waals surface area contributed by atoms with E-state index in [1.807, 2.05) is 6.92 Å². The highest BCUT2D eigenvalue weighted by atomic mass is 16.1. The Balaban J connectivity index is 2.03. The van der Waals surface area contributed by atoms with Crippen LogP contribution in [0.2, 0.25) is 0 Å². The number of primary amides is 1. The van der Waals surface area contributed by atoms with E-state index in [-0.39, 0.29) is 5.91 Å². The van der Waals surface area contributed by atoms with Crippen LogP contribution < -0.4 is 11.1 Å². The summed E-state index contributed by atoms with van der Waals surface area (Å²) in [4.78, 5) is 14.4. The van der Waals surface area contributed by atoms with E-state index < -0.39 is 5.54 Å². The normalized spacial score (nSPS) is 37.9. The predicted molar refractivity (Wildman–Crippen MR) is 73.3 cm³/mol. The number of carbonyl (C=O) groups is 1. The first-order valence-corrected chi connectivity index (χ1v) is 7.40. The highest BCUT2D eigenvalue weighted by Crippen LogP contribution is 2.35. The van der Waals surface area contributed by atoms with Gasteiger partial charge in [0.1, 0.15) is 0 Å². The lowest BCUT2D eigenvalue weighted by atomic mass is 9.95. The Hall–Kier alpha value is -0.610. The van der Waals surface area contributed by atoms with Crippen molar-refractivity contribution in [2.45, 2.75) is 70.0 Å². The maximum Gasteiger partial charge on any atom is 0.237 e. The molecule has 1 saturated carbocycles. The molecule has 4 nitrogen and oxygen atoms in total. The number of likely N-dealkylation sites (N-methyl/N-ethyl adjacent to an activating group) is 1. The summed E-state index contributed by atoms with van der Waals surface area (Å²) in [6.45, 7) is 6.36. The Morgan fingerprint density at radius 2 is 2.22 bits per heavy atom. The lowest BCUT2D eigenvalue weighted by Crippen LogP contribution is -2.55. The number of amides is 1. The Labute approximate surface area is 110 Å². The van der Waals surface area contributed by atoms with E-state index in [4.69, 9.17) is 5.73 Å². The van der Waals surface area contributed by atoms with Gasteiger partial charge in [0.15, 0.2) is 0 Å². The first-order valence-electron chi connectivity index (χ1n) is 7.40. The second-order valence-corrected chi connectivity index (χ2v) is 5.96. The highest BCUT2D eigenvalue weighted by Gasteiger charge is 2.45. The molecule has 0 aromatic heterocycles. The molecular formula is C14H27N3O. The third-order valence-electron chi connectivity index (χ3n) is 4.80. The number of nitrogens with two attached hydrogens (primary N) is 1. The van der Waals surface area contributed by atoms with E-state index in [0.717, 1.165) is 25.8 Å². The number of nitrogens with zero attached hydrogens (tertiary/aromatic N) is 1. The molecule has 0 spiro atoms. The van der Waals surface area contributed by atoms with Crippen molar-refractivity contribution in [3.8, 4) is 0 Å². The summed E-state index contributed by atoms with van der Waals surface area (Å²) in [5, 5.41) is 3.34. The summed E-state index contributed by atoms with van der Waals surface area (Å²) in [6, 6.07) is 1.20. The predicted octanol–water partition coefficient (Wildman–Crippen LogP) is 1.25. The third kappa shape index (κ3) is 2.54. The quantitative estimate of drug-likeness (QED) is 0.792. The minimum Gasteiger partial charge on any atom is -0.368 e. The van der Waals surface area contributed by atoms with Gasteiger partial charge in [-0.1, -0.05) is 13.3 Å². The number of carbonyl (C=O) groups excluding carboxylic acids is 1. The maximum absolute atomic E-state index is 11.8. The van der Waals surface area contributed by atoms with Crippen LogP contribution in [0.4, 0.5) is 0 Å². The van der Waals surface area contributed by atoms with E-state index >= 15 is 0 Å². The minimum absolute atomic E-state index is 0.170. The average Bonchev–Trinajstić information content (AvgIpc) is 2.76. The summed E-state index contributed by atoms with van der Waals surface area (Å²) in [6.07, 6.45) is 6.82. The smallest absolute Gasteiger partial charge is 0.237 e. The molecule has 4 heteroatoms. The van der Waals surface area contributed by atoms with Crippen molar-refractivity contribution < 1.29 is 4.79 Å². The molecule has 0 aromatic carbocycles. The molecular weight excluding hydrogens is 226 g/mol. The Morgan fingerprint density at radius 3 is 2.83 bits per heavy atom. The largest absolute Gasteiger partial charge is 0.368 e. The fraction of sp³-hybridized carbons (Fsp3) is 0.929. The van der Waals surface area contributed by atoms with Crippen LogP contribution in [0.3, 0.4) is 0 Å². The van der Waals surface area contributed by atoms with Gasteiger partial charge in [-0.25, -0.2) is 0 Å². The third-order valence-corrected chi connectivity index (χ3v) is 4.80. The van der Waals surface area contributed by atoms with Crippen molar-refractivity contribution in [2.24, 2.45) is 5.73 Å². The molecule has 2 fully saturated rings. The molecule has 1 heterocycles. The fourth-order valence-electron chi connectivity index (χ4n) is 3.78. The molecule has 1 saturated heterocycles. The van der Waals surface area contributed by atoms with Gasteiger partial charge in [0.2, 0.25) is 5.91 Å². The van der Waals surface area contributed by atoms with E-state index in [2.05, 4.69) is 17.1 Å². The van der Waals surface area contributed by atoms with Crippen LogP contribution in [0.15, 0.2) is 0 Å². The Kier molecular flexibility index (Phi) is 4.28. The van der Waals surface area contributed by atoms with Crippen molar-refractivity contribution in [1.29, 1.82) is 0 Å². The molecule has 0 radical (unpaired) electrons. The summed E-state index contributed by atoms with van der Waals surface area (Å²) in [5.74, 6) is -0.170. The number of piperidine rings is 1. The summed E-state index contributed by atoms with van der Waals surface area (Å²) < 4.78 is 0. The number of likely N-dealkylation sites (tertiary alicyclic amines) is 1. The van der Waals surface area contributed by atoms with Gasteiger partial charge in [-0.2, -0.15) is 0 Å². The van der Waals surface area contributed by atoms with E-state index in [0.29, 0.717) is 12.1 Å². The fourth-order valence-corrected chi connectivity index (χ4v) is 3.78. The van der Waals surface area contributed by atoms with Gasteiger partial charge in [-0.05, 0) is 52.1 Å². The highest BCUT2D eigenvalue weighted by molar-refractivity contribution is 5.85. The van der Waals surface area contributed by atoms with Crippen LogP contribution in [0.5, 0.6) is 0 Å². The molecule has 2 aliphatic rings. The van der Waals surface area contributed by atoms with Gasteiger partial charge in [0.25, 0.3) is 0 Å². The second kappa shape index (κ2) is 5.57. The monoisotopic (exact) mass is 253 g/mol. The van der Waals surface area contributed by atoms with Gasteiger partial charge in [0.05, 0.1) is 5.54 Å². The first-order chi connectivity index (χ1) is 8.59. The van der Waals surface area contributed by atoms with E-state index in [1.54, 1.807) is 0 Å². The topological polar surface area (TPSA) is 58.4 Å². The van der Waals surface area contributed by atoms with Crippen molar-refractivity contribution in [3.05, 3.63) is 0 Å². The number of hydrogen-bond donors (Lipinski definition) is 2. The molecule has 3 atom stereocenters. The molecule has 3 unspecified atom stereocenters. The van der Waals surface area contributed by atoms with Gasteiger partial charge < -0.3 is 11.1 Å². The van der Waals surface area contributed by atoms with Crippen LogP contribution in [-0.2, 0) is 4.79 Å². The van der Waals surface area contributed by atoms with Crippen molar-refractivity contribution >= 4 is 5.91 Å². The van der Waals surface area contributed by atoms with Crippen molar-refractivity contribution in [1.82, 2.24) is 10.2 Å². The zero-order chi connectivity index (χ0) is 13.2. The van der Waals surface area contributed by atoms with Crippen LogP contribution in [0.1, 0.15) is 52.4 Å². The average molecular weight is 253 g/mol. The number of hydrogen-bond acceptors (Lipinski definition) is 3. The summed E-state index contributed by atoms with van der Waals surface area (Å²) in [5.41, 5.74) is 5.18. The lowest BCUT2D eigenvalue weighted by Gasteiger charge is -2.39. The number of rotatable bonds is 4. The van der Waals surface area contributed by atoms with Crippen molar-refractivity contribution in [2.75, 3.05) is 13.1 Å². The molecule has 0 aromatic rings. The molecule has 18 heavy (non-hydrogen) atoms. The summed E-state index contributed by atoms with van der Waals surface area (Å²) in [7, 11) is 0. The minimum atomic E-state index is -0.448. The zero-order valence-corrected chi connectivity index (χ0v) is 11.7. The maximum atomic E-state index is 11.8. The Morgan fingerprint density at radius 1 is 1.44 bits per heavy atom. The molecule has 1 amide bonds. The molecule has 1 aliphatic carbocycles. The standard InChI is InChI=1S/C14H27N3O/c1-3-16-14(13(15)18)8-7-12(10-14)17-9-5-4-6-11(17)2/h11-12,16H,3-10H2,1-2H3,(H2,15,18). The zero-order valence-electron chi connectivity index (χ0n) is 11.7. The molecule has 104 valence electrons. The first kappa shape index (κ1) is 13.8. The summed E-state index contributed by atoms with van der Waals surface area (Å²) >= 11 is 0. The van der Waals surface area contributed by atoms with Gasteiger partial charge >= 0.3 is 0 Å². The lowest BCUT2D eigenvalue weighted by molar-refractivity contribution is -0.124. The van der Waals surface area contributed by atoms with Crippen LogP contribution in [0.25, 0.3) is 0 Å². The van der Waals surface area contributed by atoms with Crippen molar-refractivity contribution in [3.63, 3.8) is 0 Å². The van der Waals surface area contributed by atoms with Crippen LogP contribution >= 0.6 is 0 Å². The van der Waals surface area contributed by atoms with Gasteiger partial charge in [-0.3, -0.25) is 9.69 Å². The van der Waals surface area contributed by atoms with E-state index in [1.165, 1.54) is 25.8 Å². The molecule has 1 aliphatic heterocycles. The second-order valence-electron chi connectivity index (χ2n) is 5.96. The van der Waals surface area contributed by atoms with Crippen LogP contribution in [0, 0.1) is 0 Å². The van der Waals surface area contributed by atoms with Gasteiger partial charge in [0, 0.05) is 12.1 Å². The molecule has 0 bridgehead atoms. The molecule has 3 N–H and O–H groups in total. The Bertz CT molecular complexity index is 307. The van der Waals surface area contributed by atoms with Gasteiger partial charge in [-0.15, -0.1) is 0 Å². The number of nitrogens with one attached hydrogen (secondary N) is 1.